The normalized spacial score (nSPS) is 20.4. The van der Waals surface area contributed by atoms with E-state index >= 15 is 0 Å². The Labute approximate surface area is 81.3 Å². The fourth-order valence-electron chi connectivity index (χ4n) is 1.50. The van der Waals surface area contributed by atoms with E-state index in [1.165, 1.54) is 0 Å². The van der Waals surface area contributed by atoms with E-state index in [1.54, 1.807) is 6.07 Å². The Balaban J connectivity index is 2.41. The number of rotatable bonds is 0. The van der Waals surface area contributed by atoms with Crippen LogP contribution in [0.15, 0.2) is 12.1 Å². The Bertz CT molecular complexity index is 352. The molecule has 0 aliphatic carbocycles. The number of anilines is 2. The van der Waals surface area contributed by atoms with Gasteiger partial charge in [-0.05, 0) is 18.1 Å². The van der Waals surface area contributed by atoms with E-state index in [0.29, 0.717) is 18.2 Å². The highest BCUT2D eigenvalue weighted by Crippen LogP contribution is 2.29. The average Bonchev–Trinajstić information content (AvgIpc) is 2.35. The predicted molar refractivity (Wildman–Crippen MR) is 52.5 cm³/mol. The van der Waals surface area contributed by atoms with Crippen LogP contribution < -0.4 is 10.6 Å². The molecule has 0 radical (unpaired) electrons. The van der Waals surface area contributed by atoms with Gasteiger partial charge in [0.1, 0.15) is 0 Å². The monoisotopic (exact) mass is 198 g/mol. The Morgan fingerprint density at radius 2 is 1.93 bits per heavy atom. The van der Waals surface area contributed by atoms with Crippen molar-refractivity contribution < 1.29 is 8.78 Å². The lowest BCUT2D eigenvalue weighted by Gasteiger charge is -2.09. The van der Waals surface area contributed by atoms with Crippen molar-refractivity contribution in [2.45, 2.75) is 6.92 Å². The third kappa shape index (κ3) is 1.52. The number of benzene rings is 1. The lowest BCUT2D eigenvalue weighted by molar-refractivity contribution is 0.511. The van der Waals surface area contributed by atoms with Gasteiger partial charge < -0.3 is 10.6 Å². The third-order valence-corrected chi connectivity index (χ3v) is 2.36. The van der Waals surface area contributed by atoms with E-state index < -0.39 is 11.6 Å². The average molecular weight is 198 g/mol. The van der Waals surface area contributed by atoms with E-state index in [9.17, 15) is 8.78 Å². The quantitative estimate of drug-likeness (QED) is 0.669. The van der Waals surface area contributed by atoms with Gasteiger partial charge in [0, 0.05) is 13.1 Å². The van der Waals surface area contributed by atoms with Crippen molar-refractivity contribution in [3.05, 3.63) is 23.8 Å². The zero-order chi connectivity index (χ0) is 10.1. The minimum atomic E-state index is -0.812. The second-order valence-electron chi connectivity index (χ2n) is 3.65. The molecule has 2 N–H and O–H groups in total. The van der Waals surface area contributed by atoms with Crippen LogP contribution in [0.2, 0.25) is 0 Å². The van der Waals surface area contributed by atoms with Crippen molar-refractivity contribution in [1.82, 2.24) is 0 Å². The number of hydrogen-bond acceptors (Lipinski definition) is 2. The van der Waals surface area contributed by atoms with Gasteiger partial charge in [0.15, 0.2) is 11.6 Å². The number of nitrogens with one attached hydrogen (secondary N) is 2. The largest absolute Gasteiger partial charge is 0.383 e. The molecule has 2 nitrogen and oxygen atoms in total. The molecule has 14 heavy (non-hydrogen) atoms. The first-order valence-corrected chi connectivity index (χ1v) is 4.64. The van der Waals surface area contributed by atoms with Gasteiger partial charge in [-0.25, -0.2) is 8.78 Å². The van der Waals surface area contributed by atoms with Crippen molar-refractivity contribution in [2.24, 2.45) is 5.92 Å². The first-order valence-electron chi connectivity index (χ1n) is 4.64. The summed E-state index contributed by atoms with van der Waals surface area (Å²) in [5, 5.41) is 5.98. The van der Waals surface area contributed by atoms with Crippen molar-refractivity contribution in [3.63, 3.8) is 0 Å². The minimum Gasteiger partial charge on any atom is -0.383 e. The van der Waals surface area contributed by atoms with Crippen molar-refractivity contribution in [1.29, 1.82) is 0 Å². The van der Waals surface area contributed by atoms with Crippen LogP contribution >= 0.6 is 0 Å². The van der Waals surface area contributed by atoms with E-state index in [0.717, 1.165) is 12.6 Å². The van der Waals surface area contributed by atoms with Gasteiger partial charge in [-0.2, -0.15) is 0 Å². The summed E-state index contributed by atoms with van der Waals surface area (Å²) in [5.41, 5.74) is 0.877. The molecule has 0 aromatic heterocycles. The number of fused-ring (bicyclic) bond motifs is 1. The predicted octanol–water partition coefficient (Wildman–Crippen LogP) is 2.44. The molecule has 0 bridgehead atoms. The van der Waals surface area contributed by atoms with Crippen LogP contribution in [0.4, 0.5) is 20.2 Å². The van der Waals surface area contributed by atoms with E-state index in [-0.39, 0.29) is 5.69 Å². The lowest BCUT2D eigenvalue weighted by atomic mass is 10.2. The minimum absolute atomic E-state index is 0.245. The summed E-state index contributed by atoms with van der Waals surface area (Å²) in [6, 6.07) is 2.69. The molecule has 0 saturated heterocycles. The maximum Gasteiger partial charge on any atom is 0.183 e. The van der Waals surface area contributed by atoms with Crippen LogP contribution in [-0.2, 0) is 0 Å². The number of halogens is 2. The molecular weight excluding hydrogens is 186 g/mol. The molecular formula is C10H12F2N2. The van der Waals surface area contributed by atoms with Gasteiger partial charge in [0.2, 0.25) is 0 Å². The van der Waals surface area contributed by atoms with E-state index in [4.69, 9.17) is 0 Å². The van der Waals surface area contributed by atoms with Crippen LogP contribution in [-0.4, -0.2) is 13.1 Å². The molecule has 4 heteroatoms. The topological polar surface area (TPSA) is 24.1 Å². The molecule has 1 heterocycles. The van der Waals surface area contributed by atoms with Crippen LogP contribution in [0.5, 0.6) is 0 Å². The molecule has 1 aliphatic heterocycles. The summed E-state index contributed by atoms with van der Waals surface area (Å²) in [6.45, 7) is 3.46. The maximum absolute atomic E-state index is 13.3. The van der Waals surface area contributed by atoms with Gasteiger partial charge in [-0.3, -0.25) is 0 Å². The van der Waals surface area contributed by atoms with Crippen LogP contribution in [0.3, 0.4) is 0 Å². The first kappa shape index (κ1) is 9.24. The summed E-state index contributed by atoms with van der Waals surface area (Å²) in [4.78, 5) is 0. The smallest absolute Gasteiger partial charge is 0.183 e. The van der Waals surface area contributed by atoms with E-state index in [1.807, 2.05) is 6.92 Å². The molecule has 1 aromatic rings. The highest BCUT2D eigenvalue weighted by molar-refractivity contribution is 5.70. The Hall–Kier alpha value is -1.32. The van der Waals surface area contributed by atoms with Crippen LogP contribution in [0.1, 0.15) is 6.92 Å². The summed E-state index contributed by atoms with van der Waals surface area (Å²) in [7, 11) is 0. The van der Waals surface area contributed by atoms with Gasteiger partial charge in [0.05, 0.1) is 11.4 Å². The zero-order valence-electron chi connectivity index (χ0n) is 7.90. The molecule has 1 unspecified atom stereocenters. The van der Waals surface area contributed by atoms with Crippen molar-refractivity contribution in [3.8, 4) is 0 Å². The van der Waals surface area contributed by atoms with Gasteiger partial charge in [0.25, 0.3) is 0 Å². The Morgan fingerprint density at radius 1 is 1.21 bits per heavy atom. The highest BCUT2D eigenvalue weighted by Gasteiger charge is 2.17. The molecule has 1 aromatic carbocycles. The molecule has 0 amide bonds. The van der Waals surface area contributed by atoms with Crippen LogP contribution in [0.25, 0.3) is 0 Å². The molecule has 1 aliphatic rings. The van der Waals surface area contributed by atoms with Crippen LogP contribution in [0, 0.1) is 17.6 Å². The number of hydrogen-bond donors (Lipinski definition) is 2. The van der Waals surface area contributed by atoms with Crippen molar-refractivity contribution in [2.75, 3.05) is 23.7 Å². The second kappa shape index (κ2) is 3.44. The standard InChI is InChI=1S/C10H12F2N2/c1-6-4-13-8-3-2-7(11)9(12)10(8)14-5-6/h2-3,6,13-14H,4-5H2,1H3. The van der Waals surface area contributed by atoms with Gasteiger partial charge in [-0.15, -0.1) is 0 Å². The molecule has 76 valence electrons. The highest BCUT2D eigenvalue weighted by atomic mass is 19.2. The fraction of sp³-hybridized carbons (Fsp3) is 0.400. The molecule has 1 atom stereocenters. The molecule has 0 saturated carbocycles. The Kier molecular flexibility index (Phi) is 2.27. The maximum atomic E-state index is 13.3. The molecule has 0 spiro atoms. The summed E-state index contributed by atoms with van der Waals surface area (Å²) in [5.74, 6) is -1.22. The lowest BCUT2D eigenvalue weighted by Crippen LogP contribution is -2.14. The zero-order valence-corrected chi connectivity index (χ0v) is 7.90. The second-order valence-corrected chi connectivity index (χ2v) is 3.65. The third-order valence-electron chi connectivity index (χ3n) is 2.36. The first-order chi connectivity index (χ1) is 6.68. The van der Waals surface area contributed by atoms with Gasteiger partial charge >= 0.3 is 0 Å². The molecule has 2 rings (SSSR count). The molecule has 0 fully saturated rings. The SMILES string of the molecule is CC1CNc2ccc(F)c(F)c2NC1. The van der Waals surface area contributed by atoms with E-state index in [2.05, 4.69) is 10.6 Å². The summed E-state index contributed by atoms with van der Waals surface area (Å²) in [6.07, 6.45) is 0. The van der Waals surface area contributed by atoms with Crippen molar-refractivity contribution >= 4 is 11.4 Å². The Morgan fingerprint density at radius 3 is 2.71 bits per heavy atom. The summed E-state index contributed by atoms with van der Waals surface area (Å²) < 4.78 is 26.2. The summed E-state index contributed by atoms with van der Waals surface area (Å²) >= 11 is 0. The fourth-order valence-corrected chi connectivity index (χ4v) is 1.50. The van der Waals surface area contributed by atoms with Gasteiger partial charge in [-0.1, -0.05) is 6.92 Å².